The fourth-order valence-electron chi connectivity index (χ4n) is 0.904. The SMILES string of the molecule is C#CCC1=C[C@H]1C(=O)OCC. The van der Waals surface area contributed by atoms with Crippen LogP contribution in [0.1, 0.15) is 13.3 Å². The first-order chi connectivity index (χ1) is 5.29. The van der Waals surface area contributed by atoms with Gasteiger partial charge in [-0.2, -0.15) is 0 Å². The molecule has 1 aliphatic rings. The minimum absolute atomic E-state index is 0.106. The molecule has 0 bridgehead atoms. The number of hydrogen-bond acceptors (Lipinski definition) is 2. The standard InChI is InChI=1S/C9H10O2/c1-3-5-7-6-8(7)9(10)11-4-2/h1,6,8H,4-5H2,2H3/t8-/m1/s1. The Bertz CT molecular complexity index is 232. The van der Waals surface area contributed by atoms with Gasteiger partial charge in [0.25, 0.3) is 0 Å². The van der Waals surface area contributed by atoms with Crippen molar-refractivity contribution in [2.45, 2.75) is 13.3 Å². The van der Waals surface area contributed by atoms with E-state index in [9.17, 15) is 4.79 Å². The third kappa shape index (κ3) is 1.84. The maximum atomic E-state index is 10.9. The zero-order valence-electron chi connectivity index (χ0n) is 6.46. The van der Waals surface area contributed by atoms with Crippen molar-refractivity contribution in [3.8, 4) is 12.3 Å². The summed E-state index contributed by atoms with van der Waals surface area (Å²) in [6.07, 6.45) is 7.48. The first kappa shape index (κ1) is 7.87. The molecule has 0 N–H and O–H groups in total. The van der Waals surface area contributed by atoms with Crippen molar-refractivity contribution in [1.29, 1.82) is 0 Å². The summed E-state index contributed by atoms with van der Waals surface area (Å²) in [6.45, 7) is 2.23. The number of esters is 1. The van der Waals surface area contributed by atoms with Crippen molar-refractivity contribution >= 4 is 5.97 Å². The lowest BCUT2D eigenvalue weighted by molar-refractivity contribution is -0.144. The smallest absolute Gasteiger partial charge is 0.316 e. The predicted octanol–water partition coefficient (Wildman–Crippen LogP) is 1.13. The summed E-state index contributed by atoms with van der Waals surface area (Å²) >= 11 is 0. The molecule has 1 rings (SSSR count). The number of carbonyl (C=O) groups is 1. The van der Waals surface area contributed by atoms with Gasteiger partial charge in [-0.1, -0.05) is 6.08 Å². The average molecular weight is 150 g/mol. The van der Waals surface area contributed by atoms with Crippen molar-refractivity contribution in [2.24, 2.45) is 5.92 Å². The summed E-state index contributed by atoms with van der Waals surface area (Å²) in [5.41, 5.74) is 1.02. The molecule has 58 valence electrons. The number of rotatable bonds is 3. The molecule has 0 fully saturated rings. The third-order valence-electron chi connectivity index (χ3n) is 1.52. The number of hydrogen-bond donors (Lipinski definition) is 0. The van der Waals surface area contributed by atoms with Gasteiger partial charge in [0.05, 0.1) is 12.5 Å². The van der Waals surface area contributed by atoms with E-state index in [-0.39, 0.29) is 11.9 Å². The Morgan fingerprint density at radius 3 is 3.18 bits per heavy atom. The molecule has 0 aromatic carbocycles. The highest BCUT2D eigenvalue weighted by Crippen LogP contribution is 2.32. The fraction of sp³-hybridized carbons (Fsp3) is 0.444. The molecule has 0 heterocycles. The first-order valence-electron chi connectivity index (χ1n) is 3.60. The summed E-state index contributed by atoms with van der Waals surface area (Å²) in [7, 11) is 0. The van der Waals surface area contributed by atoms with Gasteiger partial charge in [0.2, 0.25) is 0 Å². The Hall–Kier alpha value is -1.23. The van der Waals surface area contributed by atoms with E-state index in [1.807, 2.05) is 6.08 Å². The predicted molar refractivity (Wildman–Crippen MR) is 41.7 cm³/mol. The number of terminal acetylenes is 1. The van der Waals surface area contributed by atoms with Gasteiger partial charge in [0, 0.05) is 6.42 Å². The van der Waals surface area contributed by atoms with Crippen LogP contribution >= 0.6 is 0 Å². The van der Waals surface area contributed by atoms with E-state index < -0.39 is 0 Å². The van der Waals surface area contributed by atoms with E-state index >= 15 is 0 Å². The van der Waals surface area contributed by atoms with Gasteiger partial charge in [-0.05, 0) is 12.5 Å². The lowest BCUT2D eigenvalue weighted by Gasteiger charge is -1.98. The van der Waals surface area contributed by atoms with Crippen LogP contribution in [0.2, 0.25) is 0 Å². The first-order valence-corrected chi connectivity index (χ1v) is 3.60. The van der Waals surface area contributed by atoms with E-state index in [0.717, 1.165) is 5.57 Å². The Labute approximate surface area is 66.2 Å². The van der Waals surface area contributed by atoms with Crippen molar-refractivity contribution in [3.63, 3.8) is 0 Å². The van der Waals surface area contributed by atoms with Crippen molar-refractivity contribution in [1.82, 2.24) is 0 Å². The lowest BCUT2D eigenvalue weighted by Crippen LogP contribution is -2.07. The van der Waals surface area contributed by atoms with Crippen molar-refractivity contribution in [2.75, 3.05) is 6.61 Å². The van der Waals surface area contributed by atoms with E-state index in [0.29, 0.717) is 13.0 Å². The van der Waals surface area contributed by atoms with Crippen molar-refractivity contribution in [3.05, 3.63) is 11.6 Å². The lowest BCUT2D eigenvalue weighted by atomic mass is 10.2. The average Bonchev–Trinajstić information content (AvgIpc) is 2.69. The van der Waals surface area contributed by atoms with Crippen LogP contribution in [0, 0.1) is 18.3 Å². The van der Waals surface area contributed by atoms with Gasteiger partial charge in [-0.15, -0.1) is 12.3 Å². The molecule has 0 aromatic rings. The Morgan fingerprint density at radius 2 is 2.64 bits per heavy atom. The van der Waals surface area contributed by atoms with Gasteiger partial charge in [-0.25, -0.2) is 0 Å². The molecule has 0 saturated carbocycles. The Morgan fingerprint density at radius 1 is 1.91 bits per heavy atom. The summed E-state index contributed by atoms with van der Waals surface area (Å²) < 4.78 is 4.78. The molecule has 0 saturated heterocycles. The molecular formula is C9H10O2. The van der Waals surface area contributed by atoms with Crippen LogP contribution in [0.3, 0.4) is 0 Å². The summed E-state index contributed by atoms with van der Waals surface area (Å²) in [6, 6.07) is 0. The summed E-state index contributed by atoms with van der Waals surface area (Å²) in [5.74, 6) is 2.21. The van der Waals surface area contributed by atoms with Crippen LogP contribution in [0.4, 0.5) is 0 Å². The van der Waals surface area contributed by atoms with Crippen LogP contribution in [0.15, 0.2) is 11.6 Å². The Balaban J connectivity index is 2.25. The van der Waals surface area contributed by atoms with Gasteiger partial charge >= 0.3 is 5.97 Å². The second-order valence-electron chi connectivity index (χ2n) is 2.35. The normalized spacial score (nSPS) is 20.0. The quantitative estimate of drug-likeness (QED) is 0.342. The van der Waals surface area contributed by atoms with Gasteiger partial charge < -0.3 is 4.74 Å². The molecule has 1 aliphatic carbocycles. The molecule has 1 atom stereocenters. The van der Waals surface area contributed by atoms with Crippen LogP contribution in [0.5, 0.6) is 0 Å². The van der Waals surface area contributed by atoms with Crippen molar-refractivity contribution < 1.29 is 9.53 Å². The molecule has 0 aliphatic heterocycles. The molecule has 11 heavy (non-hydrogen) atoms. The zero-order valence-corrected chi connectivity index (χ0v) is 6.46. The molecule has 0 amide bonds. The second-order valence-corrected chi connectivity index (χ2v) is 2.35. The fourth-order valence-corrected chi connectivity index (χ4v) is 0.904. The molecular weight excluding hydrogens is 140 g/mol. The van der Waals surface area contributed by atoms with E-state index in [4.69, 9.17) is 11.2 Å². The molecule has 0 unspecified atom stereocenters. The second kappa shape index (κ2) is 3.25. The maximum Gasteiger partial charge on any atom is 0.316 e. The van der Waals surface area contributed by atoms with Crippen LogP contribution in [-0.2, 0) is 9.53 Å². The molecule has 0 aromatic heterocycles. The minimum atomic E-state index is -0.169. The van der Waals surface area contributed by atoms with Gasteiger partial charge in [-0.3, -0.25) is 4.79 Å². The monoisotopic (exact) mass is 150 g/mol. The molecule has 0 radical (unpaired) electrons. The number of ether oxygens (including phenoxy) is 1. The maximum absolute atomic E-state index is 10.9. The van der Waals surface area contributed by atoms with Crippen LogP contribution in [0.25, 0.3) is 0 Å². The van der Waals surface area contributed by atoms with E-state index in [1.165, 1.54) is 0 Å². The largest absolute Gasteiger partial charge is 0.465 e. The highest BCUT2D eigenvalue weighted by atomic mass is 16.5. The van der Waals surface area contributed by atoms with E-state index in [2.05, 4.69) is 5.92 Å². The zero-order chi connectivity index (χ0) is 8.27. The summed E-state index contributed by atoms with van der Waals surface area (Å²) in [5, 5.41) is 0. The molecule has 2 heteroatoms. The number of carbonyl (C=O) groups excluding carboxylic acids is 1. The van der Waals surface area contributed by atoms with Crippen LogP contribution < -0.4 is 0 Å². The highest BCUT2D eigenvalue weighted by molar-refractivity contribution is 5.83. The topological polar surface area (TPSA) is 26.3 Å². The summed E-state index contributed by atoms with van der Waals surface area (Å²) in [4.78, 5) is 10.9. The van der Waals surface area contributed by atoms with E-state index in [1.54, 1.807) is 6.92 Å². The Kier molecular flexibility index (Phi) is 2.32. The molecule has 0 spiro atoms. The third-order valence-corrected chi connectivity index (χ3v) is 1.52. The molecule has 2 nitrogen and oxygen atoms in total. The van der Waals surface area contributed by atoms with Crippen LogP contribution in [-0.4, -0.2) is 12.6 Å². The highest BCUT2D eigenvalue weighted by Gasteiger charge is 2.31. The minimum Gasteiger partial charge on any atom is -0.465 e. The van der Waals surface area contributed by atoms with Gasteiger partial charge in [0.15, 0.2) is 0 Å². The van der Waals surface area contributed by atoms with Gasteiger partial charge in [0.1, 0.15) is 0 Å².